The molecule has 0 spiro atoms. The van der Waals surface area contributed by atoms with Crippen LogP contribution in [0.3, 0.4) is 0 Å². The first-order valence-corrected chi connectivity index (χ1v) is 8.96. The number of carbonyl (C=O) groups excluding carboxylic acids is 3. The number of nitrogens with zero attached hydrogens (tertiary/aromatic N) is 2. The largest absolute Gasteiger partial charge is 0.344 e. The molecule has 0 saturated carbocycles. The zero-order valence-electron chi connectivity index (χ0n) is 16.6. The van der Waals surface area contributed by atoms with Gasteiger partial charge in [-0.1, -0.05) is 26.0 Å². The van der Waals surface area contributed by atoms with Crippen LogP contribution >= 0.6 is 12.4 Å². The van der Waals surface area contributed by atoms with Gasteiger partial charge >= 0.3 is 6.03 Å². The third kappa shape index (κ3) is 4.99. The van der Waals surface area contributed by atoms with Crippen LogP contribution in [0.4, 0.5) is 9.18 Å². The zero-order valence-corrected chi connectivity index (χ0v) is 17.4. The van der Waals surface area contributed by atoms with Crippen molar-refractivity contribution in [3.63, 3.8) is 0 Å². The Morgan fingerprint density at radius 3 is 2.39 bits per heavy atom. The van der Waals surface area contributed by atoms with Crippen LogP contribution in [-0.2, 0) is 15.1 Å². The standard InChI is InChI=1S/C19H27FN4O3.ClH/c1-12(2)15(21)9-10-23(4)16(25)11-24-17(26)19(3,22-18(24)27)13-5-7-14(20)8-6-13;/h5-8,12,15H,9-11,21H2,1-4H3,(H,22,27);1H. The molecule has 7 nitrogen and oxygen atoms in total. The van der Waals surface area contributed by atoms with E-state index < -0.39 is 23.3 Å². The molecule has 0 radical (unpaired) electrons. The average Bonchev–Trinajstić information content (AvgIpc) is 2.83. The highest BCUT2D eigenvalue weighted by molar-refractivity contribution is 6.09. The normalized spacial score (nSPS) is 20.0. The van der Waals surface area contributed by atoms with E-state index in [1.54, 1.807) is 7.05 Å². The number of halogens is 2. The van der Waals surface area contributed by atoms with Crippen molar-refractivity contribution in [1.82, 2.24) is 15.1 Å². The fourth-order valence-electron chi connectivity index (χ4n) is 2.88. The van der Waals surface area contributed by atoms with Crippen LogP contribution in [0.5, 0.6) is 0 Å². The van der Waals surface area contributed by atoms with Crippen LogP contribution in [0, 0.1) is 11.7 Å². The monoisotopic (exact) mass is 414 g/mol. The van der Waals surface area contributed by atoms with Gasteiger partial charge in [-0.2, -0.15) is 0 Å². The first kappa shape index (κ1) is 23.8. The average molecular weight is 415 g/mol. The van der Waals surface area contributed by atoms with Crippen molar-refractivity contribution in [3.05, 3.63) is 35.6 Å². The third-order valence-electron chi connectivity index (χ3n) is 5.07. The second-order valence-electron chi connectivity index (χ2n) is 7.47. The molecule has 1 aromatic carbocycles. The Balaban J connectivity index is 0.00000392. The van der Waals surface area contributed by atoms with E-state index in [0.29, 0.717) is 24.4 Å². The van der Waals surface area contributed by atoms with Crippen molar-refractivity contribution in [2.24, 2.45) is 11.7 Å². The molecule has 156 valence electrons. The molecule has 0 aromatic heterocycles. The summed E-state index contributed by atoms with van der Waals surface area (Å²) in [5.41, 5.74) is 5.11. The Hall–Kier alpha value is -2.19. The van der Waals surface area contributed by atoms with Crippen LogP contribution < -0.4 is 11.1 Å². The van der Waals surface area contributed by atoms with Crippen molar-refractivity contribution >= 4 is 30.3 Å². The number of hydrogen-bond acceptors (Lipinski definition) is 4. The minimum atomic E-state index is -1.33. The molecule has 2 unspecified atom stereocenters. The van der Waals surface area contributed by atoms with Gasteiger partial charge in [0.15, 0.2) is 0 Å². The number of carbonyl (C=O) groups is 3. The molecule has 1 aliphatic heterocycles. The first-order valence-electron chi connectivity index (χ1n) is 8.96. The molecule has 3 N–H and O–H groups in total. The molecule has 2 atom stereocenters. The number of benzene rings is 1. The molecule has 1 aromatic rings. The number of urea groups is 1. The highest BCUT2D eigenvalue weighted by atomic mass is 35.5. The summed E-state index contributed by atoms with van der Waals surface area (Å²) in [5, 5.41) is 2.60. The molecule has 1 fully saturated rings. The highest BCUT2D eigenvalue weighted by Crippen LogP contribution is 2.28. The van der Waals surface area contributed by atoms with Crippen molar-refractivity contribution < 1.29 is 18.8 Å². The predicted molar refractivity (Wildman–Crippen MR) is 106 cm³/mol. The smallest absolute Gasteiger partial charge is 0.325 e. The fourth-order valence-corrected chi connectivity index (χ4v) is 2.88. The van der Waals surface area contributed by atoms with E-state index in [1.165, 1.54) is 36.1 Å². The summed E-state index contributed by atoms with van der Waals surface area (Å²) in [4.78, 5) is 39.9. The number of hydrogen-bond donors (Lipinski definition) is 2. The van der Waals surface area contributed by atoms with E-state index in [4.69, 9.17) is 5.73 Å². The SMILES string of the molecule is CC(C)C(N)CCN(C)C(=O)CN1C(=O)NC(C)(c2ccc(F)cc2)C1=O.Cl. The molecule has 2 rings (SSSR count). The molecular formula is C19H28ClFN4O3. The third-order valence-corrected chi connectivity index (χ3v) is 5.07. The predicted octanol–water partition coefficient (Wildman–Crippen LogP) is 1.85. The van der Waals surface area contributed by atoms with Gasteiger partial charge in [0.1, 0.15) is 17.9 Å². The Bertz CT molecular complexity index is 728. The molecule has 0 aliphatic carbocycles. The topological polar surface area (TPSA) is 95.7 Å². The van der Waals surface area contributed by atoms with Crippen LogP contribution in [0.2, 0.25) is 0 Å². The molecule has 4 amide bonds. The van der Waals surface area contributed by atoms with E-state index in [1.807, 2.05) is 13.8 Å². The van der Waals surface area contributed by atoms with E-state index in [0.717, 1.165) is 4.90 Å². The highest BCUT2D eigenvalue weighted by Gasteiger charge is 2.49. The van der Waals surface area contributed by atoms with Gasteiger partial charge in [-0.15, -0.1) is 12.4 Å². The second-order valence-corrected chi connectivity index (χ2v) is 7.47. The maximum atomic E-state index is 13.1. The summed E-state index contributed by atoms with van der Waals surface area (Å²) >= 11 is 0. The number of nitrogens with one attached hydrogen (secondary N) is 1. The molecular weight excluding hydrogens is 387 g/mol. The van der Waals surface area contributed by atoms with Crippen molar-refractivity contribution in [2.45, 2.75) is 38.8 Å². The quantitative estimate of drug-likeness (QED) is 0.665. The van der Waals surface area contributed by atoms with Crippen molar-refractivity contribution in [3.8, 4) is 0 Å². The van der Waals surface area contributed by atoms with Gasteiger partial charge in [-0.3, -0.25) is 14.5 Å². The van der Waals surface area contributed by atoms with E-state index >= 15 is 0 Å². The number of imide groups is 1. The Morgan fingerprint density at radius 2 is 1.86 bits per heavy atom. The lowest BCUT2D eigenvalue weighted by Crippen LogP contribution is -2.44. The summed E-state index contributed by atoms with van der Waals surface area (Å²) in [6.07, 6.45) is 0.632. The minimum Gasteiger partial charge on any atom is -0.344 e. The van der Waals surface area contributed by atoms with Gasteiger partial charge in [0, 0.05) is 19.6 Å². The zero-order chi connectivity index (χ0) is 20.4. The van der Waals surface area contributed by atoms with Crippen LogP contribution in [0.15, 0.2) is 24.3 Å². The lowest BCUT2D eigenvalue weighted by Gasteiger charge is -2.24. The first-order chi connectivity index (χ1) is 12.6. The summed E-state index contributed by atoms with van der Waals surface area (Å²) in [6, 6.07) is 4.65. The number of nitrogens with two attached hydrogens (primary N) is 1. The van der Waals surface area contributed by atoms with E-state index in [-0.39, 0.29) is 30.9 Å². The van der Waals surface area contributed by atoms with Gasteiger partial charge in [-0.05, 0) is 37.0 Å². The summed E-state index contributed by atoms with van der Waals surface area (Å²) in [7, 11) is 1.62. The Morgan fingerprint density at radius 1 is 1.29 bits per heavy atom. The van der Waals surface area contributed by atoms with Crippen LogP contribution in [-0.4, -0.2) is 53.8 Å². The van der Waals surface area contributed by atoms with Crippen molar-refractivity contribution in [2.75, 3.05) is 20.1 Å². The maximum Gasteiger partial charge on any atom is 0.325 e. The lowest BCUT2D eigenvalue weighted by molar-refractivity contribution is -0.138. The number of likely N-dealkylation sites (N-methyl/N-ethyl adjacent to an activating group) is 1. The maximum absolute atomic E-state index is 13.1. The van der Waals surface area contributed by atoms with Gasteiger partial charge in [0.25, 0.3) is 5.91 Å². The van der Waals surface area contributed by atoms with Crippen molar-refractivity contribution in [1.29, 1.82) is 0 Å². The molecule has 28 heavy (non-hydrogen) atoms. The lowest BCUT2D eigenvalue weighted by atomic mass is 9.92. The summed E-state index contributed by atoms with van der Waals surface area (Å²) in [6.45, 7) is 5.65. The minimum absolute atomic E-state index is 0. The second kappa shape index (κ2) is 9.34. The van der Waals surface area contributed by atoms with Gasteiger partial charge in [0.05, 0.1) is 0 Å². The fraction of sp³-hybridized carbons (Fsp3) is 0.526. The van der Waals surface area contributed by atoms with Gasteiger partial charge < -0.3 is 16.0 Å². The number of amides is 4. The molecule has 9 heteroatoms. The summed E-state index contributed by atoms with van der Waals surface area (Å²) in [5.74, 6) is -1.03. The Kier molecular flexibility index (Phi) is 7.95. The number of rotatable bonds is 7. The Labute approximate surface area is 170 Å². The summed E-state index contributed by atoms with van der Waals surface area (Å²) < 4.78 is 13.1. The van der Waals surface area contributed by atoms with Crippen LogP contribution in [0.25, 0.3) is 0 Å². The molecule has 1 heterocycles. The van der Waals surface area contributed by atoms with E-state index in [2.05, 4.69) is 5.32 Å². The van der Waals surface area contributed by atoms with Gasteiger partial charge in [-0.25, -0.2) is 9.18 Å². The van der Waals surface area contributed by atoms with Gasteiger partial charge in [0.2, 0.25) is 5.91 Å². The molecule has 1 aliphatic rings. The van der Waals surface area contributed by atoms with Crippen LogP contribution in [0.1, 0.15) is 32.8 Å². The molecule has 0 bridgehead atoms. The molecule has 1 saturated heterocycles. The van der Waals surface area contributed by atoms with E-state index in [9.17, 15) is 18.8 Å².